The van der Waals surface area contributed by atoms with Crippen LogP contribution in [0.4, 0.5) is 11.5 Å². The van der Waals surface area contributed by atoms with E-state index >= 15 is 0 Å². The smallest absolute Gasteiger partial charge is 0.335 e. The van der Waals surface area contributed by atoms with Crippen LogP contribution in [-0.4, -0.2) is 46.5 Å². The van der Waals surface area contributed by atoms with Crippen molar-refractivity contribution >= 4 is 40.8 Å². The monoisotopic (exact) mass is 512 g/mol. The minimum Gasteiger partial charge on any atom is -0.478 e. The Balaban J connectivity index is 2.00. The van der Waals surface area contributed by atoms with Crippen LogP contribution in [0.2, 0.25) is 5.15 Å². The first kappa shape index (κ1) is 26.2. The first-order valence-corrected chi connectivity index (χ1v) is 10.9. The molecule has 0 spiro atoms. The largest absolute Gasteiger partial charge is 0.478 e. The molecular weight excluding hydrogens is 488 g/mol. The van der Waals surface area contributed by atoms with E-state index in [0.29, 0.717) is 5.56 Å². The lowest BCUT2D eigenvalue weighted by molar-refractivity contribution is -0.121. The van der Waals surface area contributed by atoms with Crippen LogP contribution in [0.25, 0.3) is 11.3 Å². The second-order valence-electron chi connectivity index (χ2n) is 7.78. The molecule has 0 atom stereocenters. The van der Waals surface area contributed by atoms with Gasteiger partial charge in [0.05, 0.1) is 11.3 Å². The van der Waals surface area contributed by atoms with Gasteiger partial charge in [-0.3, -0.25) is 24.6 Å². The molecule has 1 heterocycles. The van der Waals surface area contributed by atoms with E-state index in [1.165, 1.54) is 23.2 Å². The van der Waals surface area contributed by atoms with Crippen LogP contribution >= 0.6 is 11.6 Å². The van der Waals surface area contributed by atoms with Gasteiger partial charge in [-0.2, -0.15) is 0 Å². The molecule has 0 radical (unpaired) electrons. The molecule has 188 valence electrons. The number of aromatic nitrogens is 2. The van der Waals surface area contributed by atoms with Crippen molar-refractivity contribution in [3.8, 4) is 11.3 Å². The molecule has 13 heteroatoms. The van der Waals surface area contributed by atoms with Crippen molar-refractivity contribution in [1.82, 2.24) is 20.3 Å². The number of carbonyl (C=O) groups excluding carboxylic acids is 1. The zero-order valence-corrected chi connectivity index (χ0v) is 20.3. The third-order valence-corrected chi connectivity index (χ3v) is 5.55. The lowest BCUT2D eigenvalue weighted by atomic mass is 10.1. The maximum atomic E-state index is 13.3. The van der Waals surface area contributed by atoms with Crippen LogP contribution in [-0.2, 0) is 17.9 Å². The van der Waals surface area contributed by atoms with E-state index < -0.39 is 24.0 Å². The van der Waals surface area contributed by atoms with Crippen LogP contribution in [0.1, 0.15) is 21.5 Å². The molecular formula is C23H25ClN8O4. The van der Waals surface area contributed by atoms with Crippen LogP contribution in [0.3, 0.4) is 0 Å². The van der Waals surface area contributed by atoms with E-state index in [0.717, 1.165) is 10.1 Å². The SMILES string of the molecule is CNN(C)c1nc(Cl)c(-c2cc(N)cc(C(=O)O)c2)n(CC(=O)NCc2ccc(C(=N)N)cc2)c1=O. The van der Waals surface area contributed by atoms with Crippen LogP contribution in [0, 0.1) is 5.41 Å². The minimum atomic E-state index is -1.22. The Morgan fingerprint density at radius 1 is 1.19 bits per heavy atom. The highest BCUT2D eigenvalue weighted by Crippen LogP contribution is 2.29. The number of rotatable bonds is 9. The highest BCUT2D eigenvalue weighted by Gasteiger charge is 2.22. The number of amidine groups is 1. The fourth-order valence-electron chi connectivity index (χ4n) is 3.39. The lowest BCUT2D eigenvalue weighted by Gasteiger charge is -2.21. The van der Waals surface area contributed by atoms with Crippen molar-refractivity contribution in [2.75, 3.05) is 24.8 Å². The van der Waals surface area contributed by atoms with Crippen molar-refractivity contribution < 1.29 is 14.7 Å². The van der Waals surface area contributed by atoms with Gasteiger partial charge in [0.15, 0.2) is 5.15 Å². The average molecular weight is 513 g/mol. The average Bonchev–Trinajstić information content (AvgIpc) is 2.84. The molecule has 0 bridgehead atoms. The van der Waals surface area contributed by atoms with E-state index in [1.807, 2.05) is 0 Å². The standard InChI is InChI=1S/C23H25ClN8O4/c1-28-31(2)21-22(34)32(11-17(33)29-10-12-3-5-13(6-4-12)20(26)27)18(19(24)30-21)14-7-15(23(35)36)9-16(25)8-14/h3-9,28H,10-11,25H2,1-2H3,(H3,26,27)(H,29,33)(H,35,36). The summed E-state index contributed by atoms with van der Waals surface area (Å²) in [6, 6.07) is 10.8. The van der Waals surface area contributed by atoms with E-state index in [1.54, 1.807) is 38.4 Å². The number of amides is 1. The number of carbonyl (C=O) groups is 2. The van der Waals surface area contributed by atoms with E-state index in [-0.39, 0.29) is 45.9 Å². The molecule has 0 aliphatic heterocycles. The number of nitrogens with two attached hydrogens (primary N) is 2. The summed E-state index contributed by atoms with van der Waals surface area (Å²) in [5.74, 6) is -1.86. The van der Waals surface area contributed by atoms with Crippen LogP contribution in [0.5, 0.6) is 0 Å². The molecule has 1 aromatic heterocycles. The number of hydrogen-bond donors (Lipinski definition) is 6. The molecule has 0 aliphatic rings. The zero-order chi connectivity index (χ0) is 26.6. The van der Waals surface area contributed by atoms with E-state index in [4.69, 9.17) is 28.5 Å². The molecule has 0 fully saturated rings. The number of anilines is 2. The fraction of sp³-hybridized carbons (Fsp3) is 0.174. The molecule has 0 unspecified atom stereocenters. The number of hydrogen-bond acceptors (Lipinski definition) is 8. The molecule has 36 heavy (non-hydrogen) atoms. The molecule has 12 nitrogen and oxygen atoms in total. The topological polar surface area (TPSA) is 192 Å². The van der Waals surface area contributed by atoms with Crippen molar-refractivity contribution in [3.63, 3.8) is 0 Å². The highest BCUT2D eigenvalue weighted by atomic mass is 35.5. The third kappa shape index (κ3) is 5.79. The Bertz CT molecular complexity index is 1390. The van der Waals surface area contributed by atoms with Crippen molar-refractivity contribution in [2.24, 2.45) is 5.73 Å². The van der Waals surface area contributed by atoms with Gasteiger partial charge in [0.2, 0.25) is 11.7 Å². The van der Waals surface area contributed by atoms with Gasteiger partial charge in [0, 0.05) is 37.5 Å². The number of aromatic carboxylic acids is 1. The summed E-state index contributed by atoms with van der Waals surface area (Å²) in [5.41, 5.74) is 15.1. The maximum Gasteiger partial charge on any atom is 0.335 e. The van der Waals surface area contributed by atoms with Gasteiger partial charge in [-0.1, -0.05) is 35.9 Å². The van der Waals surface area contributed by atoms with Crippen molar-refractivity contribution in [1.29, 1.82) is 5.41 Å². The van der Waals surface area contributed by atoms with Crippen molar-refractivity contribution in [3.05, 3.63) is 74.7 Å². The maximum absolute atomic E-state index is 13.3. The molecule has 0 aliphatic carbocycles. The van der Waals surface area contributed by atoms with Gasteiger partial charge in [0.25, 0.3) is 5.56 Å². The highest BCUT2D eigenvalue weighted by molar-refractivity contribution is 6.32. The Hall–Kier alpha value is -4.42. The predicted octanol–water partition coefficient (Wildman–Crippen LogP) is 1.02. The normalized spacial score (nSPS) is 10.6. The number of carboxylic acid groups (broad SMARTS) is 1. The lowest BCUT2D eigenvalue weighted by Crippen LogP contribution is -2.40. The minimum absolute atomic E-state index is 0.0469. The molecule has 0 saturated carbocycles. The number of nitrogens with one attached hydrogen (secondary N) is 3. The number of nitrogens with zero attached hydrogens (tertiary/aromatic N) is 3. The van der Waals surface area contributed by atoms with E-state index in [2.05, 4.69) is 15.7 Å². The second-order valence-corrected chi connectivity index (χ2v) is 8.14. The molecule has 1 amide bonds. The van der Waals surface area contributed by atoms with Gasteiger partial charge >= 0.3 is 5.97 Å². The number of carboxylic acids is 1. The van der Waals surface area contributed by atoms with Crippen LogP contribution in [0.15, 0.2) is 47.3 Å². The summed E-state index contributed by atoms with van der Waals surface area (Å²) in [4.78, 5) is 41.9. The number of halogens is 1. The summed E-state index contributed by atoms with van der Waals surface area (Å²) in [6.45, 7) is -0.270. The van der Waals surface area contributed by atoms with Gasteiger partial charge in [-0.15, -0.1) is 0 Å². The van der Waals surface area contributed by atoms with Crippen LogP contribution < -0.4 is 32.8 Å². The molecule has 0 saturated heterocycles. The number of hydrazine groups is 1. The van der Waals surface area contributed by atoms with Gasteiger partial charge in [-0.25, -0.2) is 15.2 Å². The first-order chi connectivity index (χ1) is 17.0. The summed E-state index contributed by atoms with van der Waals surface area (Å²) in [7, 11) is 3.13. The summed E-state index contributed by atoms with van der Waals surface area (Å²) >= 11 is 6.45. The molecule has 3 aromatic rings. The quantitative estimate of drug-likeness (QED) is 0.105. The number of nitrogen functional groups attached to an aromatic ring is 2. The summed E-state index contributed by atoms with van der Waals surface area (Å²) < 4.78 is 1.12. The molecule has 3 rings (SSSR count). The Labute approximate surface area is 211 Å². The number of benzene rings is 2. The second kappa shape index (κ2) is 10.9. The first-order valence-electron chi connectivity index (χ1n) is 10.6. The van der Waals surface area contributed by atoms with Crippen molar-refractivity contribution in [2.45, 2.75) is 13.1 Å². The Morgan fingerprint density at radius 2 is 1.86 bits per heavy atom. The summed E-state index contributed by atoms with van der Waals surface area (Å²) in [6.07, 6.45) is 0. The molecule has 8 N–H and O–H groups in total. The van der Waals surface area contributed by atoms with Gasteiger partial charge in [-0.05, 0) is 23.8 Å². The fourth-order valence-corrected chi connectivity index (χ4v) is 3.68. The van der Waals surface area contributed by atoms with Gasteiger partial charge in [0.1, 0.15) is 12.4 Å². The Kier molecular flexibility index (Phi) is 7.92. The predicted molar refractivity (Wildman–Crippen MR) is 137 cm³/mol. The van der Waals surface area contributed by atoms with E-state index in [9.17, 15) is 19.5 Å². The van der Waals surface area contributed by atoms with Gasteiger partial charge < -0.3 is 21.9 Å². The Morgan fingerprint density at radius 3 is 2.44 bits per heavy atom. The third-order valence-electron chi connectivity index (χ3n) is 5.29. The summed E-state index contributed by atoms with van der Waals surface area (Å²) in [5, 5.41) is 20.8. The zero-order valence-electron chi connectivity index (χ0n) is 19.5. The molecule has 2 aromatic carbocycles.